The third kappa shape index (κ3) is 5.98. The van der Waals surface area contributed by atoms with Crippen molar-refractivity contribution in [3.8, 4) is 11.5 Å². The van der Waals surface area contributed by atoms with Crippen LogP contribution in [0.1, 0.15) is 55.5 Å². The topological polar surface area (TPSA) is 140 Å². The Labute approximate surface area is 205 Å². The van der Waals surface area contributed by atoms with Crippen LogP contribution in [0.3, 0.4) is 0 Å². The molecule has 188 valence electrons. The monoisotopic (exact) mass is 482 g/mol. The average molecular weight is 483 g/mol. The lowest BCUT2D eigenvalue weighted by molar-refractivity contribution is -0.143. The van der Waals surface area contributed by atoms with E-state index in [0.29, 0.717) is 42.7 Å². The molecule has 1 heterocycles. The van der Waals surface area contributed by atoms with E-state index in [4.69, 9.17) is 15.9 Å². The SMILES string of the molecule is COc1cc(O)c(C(N)N(C(=N)C=O)c2ccc(CN3CCC(C(=O)O)CC3)cc2)cc1C(C)C. The highest BCUT2D eigenvalue weighted by Gasteiger charge is 2.27. The molecule has 9 heteroatoms. The van der Waals surface area contributed by atoms with Crippen molar-refractivity contribution in [2.24, 2.45) is 11.7 Å². The normalized spacial score (nSPS) is 15.6. The highest BCUT2D eigenvalue weighted by molar-refractivity contribution is 6.32. The summed E-state index contributed by atoms with van der Waals surface area (Å²) in [5.41, 5.74) is 9.32. The zero-order valence-corrected chi connectivity index (χ0v) is 20.4. The Hall–Kier alpha value is -3.43. The molecule has 1 atom stereocenters. The van der Waals surface area contributed by atoms with Gasteiger partial charge in [-0.15, -0.1) is 0 Å². The second-order valence-corrected chi connectivity index (χ2v) is 9.18. The third-order valence-corrected chi connectivity index (χ3v) is 6.53. The molecule has 1 aliphatic rings. The zero-order valence-electron chi connectivity index (χ0n) is 20.4. The number of rotatable bonds is 9. The van der Waals surface area contributed by atoms with Crippen molar-refractivity contribution in [2.75, 3.05) is 25.1 Å². The second-order valence-electron chi connectivity index (χ2n) is 9.18. The Bertz CT molecular complexity index is 1060. The highest BCUT2D eigenvalue weighted by Crippen LogP contribution is 2.37. The van der Waals surface area contributed by atoms with Crippen molar-refractivity contribution < 1.29 is 24.5 Å². The molecule has 0 radical (unpaired) electrons. The Morgan fingerprint density at radius 2 is 1.86 bits per heavy atom. The fraction of sp³-hybridized carbons (Fsp3) is 0.423. The van der Waals surface area contributed by atoms with E-state index in [-0.39, 0.29) is 23.4 Å². The second kappa shape index (κ2) is 11.3. The fourth-order valence-electron chi connectivity index (χ4n) is 4.47. The summed E-state index contributed by atoms with van der Waals surface area (Å²) in [6, 6.07) is 10.7. The van der Waals surface area contributed by atoms with Crippen molar-refractivity contribution in [3.63, 3.8) is 0 Å². The molecule has 1 fully saturated rings. The molecule has 5 N–H and O–H groups in total. The zero-order chi connectivity index (χ0) is 25.7. The Morgan fingerprint density at radius 3 is 2.37 bits per heavy atom. The van der Waals surface area contributed by atoms with E-state index in [2.05, 4.69) is 4.90 Å². The summed E-state index contributed by atoms with van der Waals surface area (Å²) in [5.74, 6) is -0.765. The van der Waals surface area contributed by atoms with Gasteiger partial charge in [-0.25, -0.2) is 0 Å². The molecule has 0 spiro atoms. The van der Waals surface area contributed by atoms with Gasteiger partial charge in [-0.1, -0.05) is 26.0 Å². The average Bonchev–Trinajstić information content (AvgIpc) is 2.84. The number of benzene rings is 2. The van der Waals surface area contributed by atoms with E-state index in [1.54, 1.807) is 18.2 Å². The molecule has 0 amide bonds. The lowest BCUT2D eigenvalue weighted by Crippen LogP contribution is -2.40. The summed E-state index contributed by atoms with van der Waals surface area (Å²) in [6.45, 7) is 6.12. The number of nitrogens with zero attached hydrogens (tertiary/aromatic N) is 2. The number of ether oxygens (including phenoxy) is 1. The van der Waals surface area contributed by atoms with Crippen LogP contribution in [0, 0.1) is 11.3 Å². The Balaban J connectivity index is 1.83. The number of hydrogen-bond donors (Lipinski definition) is 4. The number of nitrogens with one attached hydrogen (secondary N) is 1. The van der Waals surface area contributed by atoms with Gasteiger partial charge in [0.2, 0.25) is 0 Å². The number of aldehydes is 1. The third-order valence-electron chi connectivity index (χ3n) is 6.53. The first-order valence-corrected chi connectivity index (χ1v) is 11.7. The van der Waals surface area contributed by atoms with Crippen LogP contribution in [0.2, 0.25) is 0 Å². The van der Waals surface area contributed by atoms with Crippen LogP contribution < -0.4 is 15.4 Å². The van der Waals surface area contributed by atoms with Crippen molar-refractivity contribution >= 4 is 23.8 Å². The molecule has 9 nitrogen and oxygen atoms in total. The number of aromatic hydroxyl groups is 1. The molecule has 2 aromatic rings. The number of anilines is 1. The minimum atomic E-state index is -0.975. The van der Waals surface area contributed by atoms with Crippen LogP contribution in [-0.4, -0.2) is 53.4 Å². The number of likely N-dealkylation sites (tertiary alicyclic amines) is 1. The van der Waals surface area contributed by atoms with Gasteiger partial charge in [0.25, 0.3) is 0 Å². The number of carbonyl (C=O) groups excluding carboxylic acids is 1. The lowest BCUT2D eigenvalue weighted by atomic mass is 9.96. The Kier molecular flexibility index (Phi) is 8.48. The maximum absolute atomic E-state index is 11.6. The molecule has 0 aromatic heterocycles. The van der Waals surface area contributed by atoms with Crippen molar-refractivity contribution in [1.29, 1.82) is 5.41 Å². The largest absolute Gasteiger partial charge is 0.507 e. The van der Waals surface area contributed by atoms with Crippen LogP contribution in [0.4, 0.5) is 5.69 Å². The number of piperidine rings is 1. The first kappa shape index (κ1) is 26.2. The molecule has 0 bridgehead atoms. The number of hydrogen-bond acceptors (Lipinski definition) is 7. The van der Waals surface area contributed by atoms with Crippen LogP contribution in [0.15, 0.2) is 36.4 Å². The molecular weight excluding hydrogens is 448 g/mol. The van der Waals surface area contributed by atoms with Crippen LogP contribution in [0.25, 0.3) is 0 Å². The van der Waals surface area contributed by atoms with Gasteiger partial charge in [-0.3, -0.25) is 19.9 Å². The molecule has 0 aliphatic carbocycles. The van der Waals surface area contributed by atoms with Gasteiger partial charge in [0, 0.05) is 23.9 Å². The number of nitrogens with two attached hydrogens (primary N) is 1. The number of phenols is 1. The number of carboxylic acids is 1. The summed E-state index contributed by atoms with van der Waals surface area (Å²) < 4.78 is 5.38. The summed E-state index contributed by atoms with van der Waals surface area (Å²) in [5, 5.41) is 28.0. The van der Waals surface area contributed by atoms with Crippen LogP contribution in [-0.2, 0) is 16.1 Å². The molecule has 2 aromatic carbocycles. The van der Waals surface area contributed by atoms with Gasteiger partial charge < -0.3 is 25.6 Å². The molecule has 0 saturated carbocycles. The molecule has 1 saturated heterocycles. The van der Waals surface area contributed by atoms with Crippen molar-refractivity contribution in [3.05, 3.63) is 53.1 Å². The standard InChI is InChI=1S/C26H34N4O5/c1-16(2)20-12-21(22(32)13-23(20)35-3)25(28)30(24(27)15-31)19-6-4-17(5-7-19)14-29-10-8-18(9-11-29)26(33)34/h4-7,12-13,15-16,18,25,27,32H,8-11,14,28H2,1-3H3,(H,33,34). The number of aliphatic carboxylic acids is 1. The predicted octanol–water partition coefficient (Wildman–Crippen LogP) is 3.46. The van der Waals surface area contributed by atoms with Crippen LogP contribution >= 0.6 is 0 Å². The van der Waals surface area contributed by atoms with E-state index in [9.17, 15) is 19.8 Å². The predicted molar refractivity (Wildman–Crippen MR) is 134 cm³/mol. The molecule has 3 rings (SSSR count). The lowest BCUT2D eigenvalue weighted by Gasteiger charge is -2.31. The minimum absolute atomic E-state index is 0.0798. The molecule has 1 aliphatic heterocycles. The molecule has 35 heavy (non-hydrogen) atoms. The summed E-state index contributed by atoms with van der Waals surface area (Å²) in [6.07, 6.45) is 0.716. The van der Waals surface area contributed by atoms with Gasteiger partial charge in [0.05, 0.1) is 13.0 Å². The maximum Gasteiger partial charge on any atom is 0.306 e. The van der Waals surface area contributed by atoms with Crippen molar-refractivity contribution in [1.82, 2.24) is 4.90 Å². The maximum atomic E-state index is 11.6. The van der Waals surface area contributed by atoms with Crippen LogP contribution in [0.5, 0.6) is 11.5 Å². The van der Waals surface area contributed by atoms with Gasteiger partial charge in [-0.2, -0.15) is 0 Å². The number of carboxylic acid groups (broad SMARTS) is 1. The van der Waals surface area contributed by atoms with Crippen molar-refractivity contribution in [2.45, 2.75) is 45.3 Å². The van der Waals surface area contributed by atoms with Gasteiger partial charge >= 0.3 is 5.97 Å². The molecular formula is C26H34N4O5. The number of phenolic OH excluding ortho intramolecular Hbond substituents is 1. The summed E-state index contributed by atoms with van der Waals surface area (Å²) in [7, 11) is 1.53. The van der Waals surface area contributed by atoms with E-state index < -0.39 is 12.1 Å². The Morgan fingerprint density at radius 1 is 1.23 bits per heavy atom. The van der Waals surface area contributed by atoms with E-state index in [0.717, 1.165) is 24.2 Å². The summed E-state index contributed by atoms with van der Waals surface area (Å²) in [4.78, 5) is 26.3. The first-order valence-electron chi connectivity index (χ1n) is 11.7. The highest BCUT2D eigenvalue weighted by atomic mass is 16.5. The first-order chi connectivity index (χ1) is 16.7. The van der Waals surface area contributed by atoms with Gasteiger partial charge in [0.1, 0.15) is 17.7 Å². The van der Waals surface area contributed by atoms with E-state index in [1.165, 1.54) is 18.1 Å². The number of methoxy groups -OCH3 is 1. The van der Waals surface area contributed by atoms with Gasteiger partial charge in [0.15, 0.2) is 12.1 Å². The minimum Gasteiger partial charge on any atom is -0.507 e. The number of carbonyl (C=O) groups is 2. The summed E-state index contributed by atoms with van der Waals surface area (Å²) >= 11 is 0. The van der Waals surface area contributed by atoms with Gasteiger partial charge in [-0.05, 0) is 61.2 Å². The smallest absolute Gasteiger partial charge is 0.306 e. The van der Waals surface area contributed by atoms with E-state index in [1.807, 2.05) is 26.0 Å². The quantitative estimate of drug-likeness (QED) is 0.184. The molecule has 1 unspecified atom stereocenters. The number of amidine groups is 1. The fourth-order valence-corrected chi connectivity index (χ4v) is 4.47. The van der Waals surface area contributed by atoms with E-state index >= 15 is 0 Å².